The fourth-order valence-electron chi connectivity index (χ4n) is 4.24. The Morgan fingerprint density at radius 2 is 1.59 bits per heavy atom. The fraction of sp³-hybridized carbons (Fsp3) is 0.345. The largest absolute Gasteiger partial charge is 0.495 e. The van der Waals surface area contributed by atoms with Crippen molar-refractivity contribution in [2.24, 2.45) is 0 Å². The molecule has 8 heteroatoms. The van der Waals surface area contributed by atoms with E-state index in [9.17, 15) is 13.2 Å². The molecule has 0 bridgehead atoms. The molecule has 198 valence electrons. The first-order valence-electron chi connectivity index (χ1n) is 12.2. The second-order valence-corrected chi connectivity index (χ2v) is 11.0. The van der Waals surface area contributed by atoms with Crippen LogP contribution in [0.1, 0.15) is 47.7 Å². The molecule has 0 spiro atoms. The number of nitrogens with zero attached hydrogens (tertiary/aromatic N) is 1. The Balaban J connectivity index is 1.98. The van der Waals surface area contributed by atoms with Gasteiger partial charge in [-0.3, -0.25) is 9.10 Å². The third-order valence-electron chi connectivity index (χ3n) is 6.34. The Morgan fingerprint density at radius 1 is 0.946 bits per heavy atom. The van der Waals surface area contributed by atoms with E-state index >= 15 is 0 Å². The molecule has 0 saturated heterocycles. The van der Waals surface area contributed by atoms with Crippen LogP contribution in [0.4, 0.5) is 5.69 Å². The summed E-state index contributed by atoms with van der Waals surface area (Å²) in [5.41, 5.74) is 5.47. The standard InChI is InChI=1S/C29H36N2O5S/c1-8-36-25-12-10-24(11-13-25)31(37(33,34)28-15-19(2)9-14-27(28)35-7)18-29(32)30-23(6)26-17-21(4)20(3)16-22(26)5/h9-17,23H,8,18H2,1-7H3,(H,30,32). The molecule has 0 fully saturated rings. The van der Waals surface area contributed by atoms with Crippen LogP contribution in [0.2, 0.25) is 0 Å². The topological polar surface area (TPSA) is 84.9 Å². The SMILES string of the molecule is CCOc1ccc(N(CC(=O)NC(C)c2cc(C)c(C)cc2C)S(=O)(=O)c2cc(C)ccc2OC)cc1. The molecule has 0 aliphatic carbocycles. The maximum atomic E-state index is 13.9. The summed E-state index contributed by atoms with van der Waals surface area (Å²) in [6, 6.07) is 15.4. The number of aryl methyl sites for hydroxylation is 4. The summed E-state index contributed by atoms with van der Waals surface area (Å²) in [6.45, 7) is 11.7. The summed E-state index contributed by atoms with van der Waals surface area (Å²) in [5.74, 6) is 0.398. The molecule has 1 atom stereocenters. The van der Waals surface area contributed by atoms with Gasteiger partial charge in [0.2, 0.25) is 5.91 Å². The maximum absolute atomic E-state index is 13.9. The van der Waals surface area contributed by atoms with E-state index in [4.69, 9.17) is 9.47 Å². The quantitative estimate of drug-likeness (QED) is 0.384. The molecule has 0 aromatic heterocycles. The van der Waals surface area contributed by atoms with Gasteiger partial charge < -0.3 is 14.8 Å². The van der Waals surface area contributed by atoms with E-state index < -0.39 is 22.5 Å². The lowest BCUT2D eigenvalue weighted by Gasteiger charge is -2.26. The van der Waals surface area contributed by atoms with E-state index in [-0.39, 0.29) is 16.7 Å². The van der Waals surface area contributed by atoms with Crippen LogP contribution >= 0.6 is 0 Å². The number of benzene rings is 3. The lowest BCUT2D eigenvalue weighted by molar-refractivity contribution is -0.120. The minimum atomic E-state index is -4.15. The minimum Gasteiger partial charge on any atom is -0.495 e. The van der Waals surface area contributed by atoms with Gasteiger partial charge in [0.1, 0.15) is 22.9 Å². The molecule has 0 heterocycles. The van der Waals surface area contributed by atoms with Gasteiger partial charge in [-0.2, -0.15) is 0 Å². The van der Waals surface area contributed by atoms with Crippen molar-refractivity contribution in [3.05, 3.63) is 82.4 Å². The van der Waals surface area contributed by atoms with Crippen molar-refractivity contribution in [2.45, 2.75) is 52.5 Å². The van der Waals surface area contributed by atoms with Crippen molar-refractivity contribution >= 4 is 21.6 Å². The number of ether oxygens (including phenoxy) is 2. The number of carbonyl (C=O) groups excluding carboxylic acids is 1. The minimum absolute atomic E-state index is 0.00487. The van der Waals surface area contributed by atoms with Gasteiger partial charge in [0.25, 0.3) is 10.0 Å². The predicted octanol–water partition coefficient (Wildman–Crippen LogP) is 5.40. The highest BCUT2D eigenvalue weighted by Crippen LogP contribution is 2.32. The predicted molar refractivity (Wildman–Crippen MR) is 147 cm³/mol. The third-order valence-corrected chi connectivity index (χ3v) is 8.13. The lowest BCUT2D eigenvalue weighted by Crippen LogP contribution is -2.41. The maximum Gasteiger partial charge on any atom is 0.268 e. The van der Waals surface area contributed by atoms with Crippen LogP contribution < -0.4 is 19.1 Å². The highest BCUT2D eigenvalue weighted by Gasteiger charge is 2.31. The first kappa shape index (κ1) is 28.1. The summed E-state index contributed by atoms with van der Waals surface area (Å²) in [4.78, 5) is 13.3. The van der Waals surface area contributed by atoms with Crippen molar-refractivity contribution in [1.29, 1.82) is 0 Å². The molecule has 3 aromatic rings. The first-order valence-corrected chi connectivity index (χ1v) is 13.7. The van der Waals surface area contributed by atoms with Gasteiger partial charge in [-0.25, -0.2) is 8.42 Å². The van der Waals surface area contributed by atoms with Crippen LogP contribution in [-0.2, 0) is 14.8 Å². The second kappa shape index (κ2) is 11.7. The van der Waals surface area contributed by atoms with Gasteiger partial charge in [-0.05, 0) is 106 Å². The zero-order valence-corrected chi connectivity index (χ0v) is 23.4. The van der Waals surface area contributed by atoms with Crippen LogP contribution in [0, 0.1) is 27.7 Å². The number of methoxy groups -OCH3 is 1. The molecular weight excluding hydrogens is 488 g/mol. The number of nitrogens with one attached hydrogen (secondary N) is 1. The Morgan fingerprint density at radius 3 is 2.22 bits per heavy atom. The average molecular weight is 525 g/mol. The molecule has 0 saturated carbocycles. The van der Waals surface area contributed by atoms with Crippen molar-refractivity contribution in [2.75, 3.05) is 24.6 Å². The number of carbonyl (C=O) groups is 1. The fourth-order valence-corrected chi connectivity index (χ4v) is 5.90. The molecule has 1 unspecified atom stereocenters. The van der Waals surface area contributed by atoms with Crippen LogP contribution in [0.5, 0.6) is 11.5 Å². The summed E-state index contributed by atoms with van der Waals surface area (Å²) >= 11 is 0. The Bertz CT molecular complexity index is 1370. The average Bonchev–Trinajstić information content (AvgIpc) is 2.85. The zero-order valence-electron chi connectivity index (χ0n) is 22.6. The summed E-state index contributed by atoms with van der Waals surface area (Å²) in [5, 5.41) is 2.98. The van der Waals surface area contributed by atoms with Crippen LogP contribution in [0.25, 0.3) is 0 Å². The number of rotatable bonds is 10. The zero-order chi connectivity index (χ0) is 27.3. The molecule has 3 aromatic carbocycles. The Hall–Kier alpha value is -3.52. The van der Waals surface area contributed by atoms with E-state index in [1.807, 2.05) is 27.7 Å². The van der Waals surface area contributed by atoms with Gasteiger partial charge in [-0.1, -0.05) is 18.2 Å². The monoisotopic (exact) mass is 524 g/mol. The lowest BCUT2D eigenvalue weighted by atomic mass is 9.96. The normalized spacial score (nSPS) is 12.1. The van der Waals surface area contributed by atoms with E-state index in [0.717, 1.165) is 26.6 Å². The van der Waals surface area contributed by atoms with Crippen molar-refractivity contribution < 1.29 is 22.7 Å². The van der Waals surface area contributed by atoms with E-state index in [2.05, 4.69) is 24.4 Å². The number of anilines is 1. The Kier molecular flexibility index (Phi) is 8.86. The van der Waals surface area contributed by atoms with Crippen molar-refractivity contribution in [1.82, 2.24) is 5.32 Å². The van der Waals surface area contributed by atoms with Crippen LogP contribution in [-0.4, -0.2) is 34.6 Å². The highest BCUT2D eigenvalue weighted by atomic mass is 32.2. The van der Waals surface area contributed by atoms with E-state index in [1.54, 1.807) is 49.4 Å². The third kappa shape index (κ3) is 6.43. The van der Waals surface area contributed by atoms with Gasteiger partial charge >= 0.3 is 0 Å². The van der Waals surface area contributed by atoms with Gasteiger partial charge in [0, 0.05) is 0 Å². The van der Waals surface area contributed by atoms with Gasteiger partial charge in [-0.15, -0.1) is 0 Å². The van der Waals surface area contributed by atoms with E-state index in [1.165, 1.54) is 12.7 Å². The number of hydrogen-bond donors (Lipinski definition) is 1. The van der Waals surface area contributed by atoms with Crippen molar-refractivity contribution in [3.8, 4) is 11.5 Å². The molecular formula is C29H36N2O5S. The number of amides is 1. The smallest absolute Gasteiger partial charge is 0.268 e. The van der Waals surface area contributed by atoms with Crippen molar-refractivity contribution in [3.63, 3.8) is 0 Å². The first-order chi connectivity index (χ1) is 17.5. The molecule has 7 nitrogen and oxygen atoms in total. The van der Waals surface area contributed by atoms with Crippen LogP contribution in [0.15, 0.2) is 59.5 Å². The molecule has 1 amide bonds. The number of sulfonamides is 1. The summed E-state index contributed by atoms with van der Waals surface area (Å²) in [7, 11) is -2.73. The molecule has 1 N–H and O–H groups in total. The Labute approximate surface area is 220 Å². The van der Waals surface area contributed by atoms with Crippen LogP contribution in [0.3, 0.4) is 0 Å². The summed E-state index contributed by atoms with van der Waals surface area (Å²) < 4.78 is 39.8. The van der Waals surface area contributed by atoms with E-state index in [0.29, 0.717) is 18.0 Å². The molecule has 0 aliphatic rings. The van der Waals surface area contributed by atoms with Gasteiger partial charge in [0.05, 0.1) is 25.4 Å². The molecule has 37 heavy (non-hydrogen) atoms. The molecule has 0 radical (unpaired) electrons. The second-order valence-electron chi connectivity index (χ2n) is 9.18. The molecule has 3 rings (SSSR count). The van der Waals surface area contributed by atoms with Gasteiger partial charge in [0.15, 0.2) is 0 Å². The number of hydrogen-bond acceptors (Lipinski definition) is 5. The summed E-state index contributed by atoms with van der Waals surface area (Å²) in [6.07, 6.45) is 0. The highest BCUT2D eigenvalue weighted by molar-refractivity contribution is 7.93. The molecule has 0 aliphatic heterocycles.